The highest BCUT2D eigenvalue weighted by atomic mass is 16.6. The maximum absolute atomic E-state index is 12.2. The van der Waals surface area contributed by atoms with E-state index in [1.807, 2.05) is 0 Å². The molecule has 0 heterocycles. The standard InChI is InChI=1S/C21H31N3O6/c1-20(2,3)29-17(25)12-16(24-19(28)30-21(4,5)6)23-14-9-7-13(8-10-14)11-15(22)18(26)27/h7-10,15H,11-12,22H2,1-6H3,(H,26,27)(H,23,24,28)/t15-/m0/s1. The second-order valence-corrected chi connectivity index (χ2v) is 8.76. The van der Waals surface area contributed by atoms with Gasteiger partial charge in [0.25, 0.3) is 0 Å². The number of carboxylic acid groups (broad SMARTS) is 1. The lowest BCUT2D eigenvalue weighted by Crippen LogP contribution is -2.38. The maximum atomic E-state index is 12.2. The Morgan fingerprint density at radius 1 is 1.03 bits per heavy atom. The van der Waals surface area contributed by atoms with Crippen molar-refractivity contribution in [2.24, 2.45) is 10.7 Å². The summed E-state index contributed by atoms with van der Waals surface area (Å²) in [6, 6.07) is 5.63. The van der Waals surface area contributed by atoms with Crippen LogP contribution in [0.25, 0.3) is 0 Å². The predicted molar refractivity (Wildman–Crippen MR) is 113 cm³/mol. The normalized spacial score (nSPS) is 13.4. The number of benzene rings is 1. The van der Waals surface area contributed by atoms with Crippen molar-refractivity contribution in [3.63, 3.8) is 0 Å². The first kappa shape index (κ1) is 25.1. The monoisotopic (exact) mass is 421 g/mol. The largest absolute Gasteiger partial charge is 0.480 e. The topological polar surface area (TPSA) is 140 Å². The van der Waals surface area contributed by atoms with Gasteiger partial charge in [0.05, 0.1) is 5.69 Å². The number of carbonyl (C=O) groups excluding carboxylic acids is 2. The first-order chi connectivity index (χ1) is 13.6. The van der Waals surface area contributed by atoms with Gasteiger partial charge in [0, 0.05) is 0 Å². The van der Waals surface area contributed by atoms with Gasteiger partial charge >= 0.3 is 18.0 Å². The van der Waals surface area contributed by atoms with Crippen molar-refractivity contribution < 1.29 is 29.0 Å². The van der Waals surface area contributed by atoms with Crippen LogP contribution in [0.2, 0.25) is 0 Å². The molecular formula is C21H31N3O6. The van der Waals surface area contributed by atoms with Crippen LogP contribution in [-0.4, -0.2) is 46.2 Å². The molecule has 0 saturated carbocycles. The Morgan fingerprint density at radius 3 is 2.03 bits per heavy atom. The fourth-order valence-electron chi connectivity index (χ4n) is 2.25. The quantitative estimate of drug-likeness (QED) is 0.364. The summed E-state index contributed by atoms with van der Waals surface area (Å²) in [7, 11) is 0. The van der Waals surface area contributed by atoms with E-state index in [0.29, 0.717) is 5.69 Å². The lowest BCUT2D eigenvalue weighted by Gasteiger charge is -2.21. The minimum Gasteiger partial charge on any atom is -0.480 e. The average Bonchev–Trinajstić information content (AvgIpc) is 2.52. The number of nitrogens with one attached hydrogen (secondary N) is 1. The molecule has 0 aromatic heterocycles. The third-order valence-corrected chi connectivity index (χ3v) is 3.35. The van der Waals surface area contributed by atoms with Crippen LogP contribution in [0.1, 0.15) is 53.5 Å². The SMILES string of the molecule is CC(C)(C)OC(=O)CC(=Nc1ccc(C[C@H](N)C(=O)O)cc1)NC(=O)OC(C)(C)C. The van der Waals surface area contributed by atoms with Gasteiger partial charge in [0.1, 0.15) is 29.5 Å². The van der Waals surface area contributed by atoms with Gasteiger partial charge in [-0.1, -0.05) is 12.1 Å². The Bertz CT molecular complexity index is 756. The van der Waals surface area contributed by atoms with Crippen LogP contribution in [0.15, 0.2) is 29.3 Å². The second kappa shape index (κ2) is 10.2. The minimum atomic E-state index is -1.08. The van der Waals surface area contributed by atoms with Crippen molar-refractivity contribution in [3.05, 3.63) is 29.8 Å². The molecule has 0 aliphatic carbocycles. The number of hydrogen-bond donors (Lipinski definition) is 3. The Labute approximate surface area is 176 Å². The number of carboxylic acids is 1. The van der Waals surface area contributed by atoms with Gasteiger partial charge in [-0.3, -0.25) is 14.9 Å². The molecule has 0 saturated heterocycles. The number of nitrogens with two attached hydrogens (primary N) is 1. The highest BCUT2D eigenvalue weighted by Gasteiger charge is 2.22. The van der Waals surface area contributed by atoms with Crippen LogP contribution in [0.3, 0.4) is 0 Å². The molecule has 0 fully saturated rings. The van der Waals surface area contributed by atoms with Gasteiger partial charge in [-0.25, -0.2) is 9.79 Å². The zero-order valence-corrected chi connectivity index (χ0v) is 18.3. The van der Waals surface area contributed by atoms with Crippen molar-refractivity contribution in [3.8, 4) is 0 Å². The number of amides is 1. The van der Waals surface area contributed by atoms with Gasteiger partial charge < -0.3 is 20.3 Å². The Morgan fingerprint density at radius 2 is 1.57 bits per heavy atom. The molecular weight excluding hydrogens is 390 g/mol. The Kier molecular flexibility index (Phi) is 8.53. The second-order valence-electron chi connectivity index (χ2n) is 8.76. The molecule has 1 rings (SSSR count). The number of hydrogen-bond acceptors (Lipinski definition) is 7. The summed E-state index contributed by atoms with van der Waals surface area (Å²) >= 11 is 0. The highest BCUT2D eigenvalue weighted by Crippen LogP contribution is 2.16. The number of rotatable bonds is 6. The number of aliphatic carboxylic acids is 1. The third kappa shape index (κ3) is 10.6. The Balaban J connectivity index is 3.01. The van der Waals surface area contributed by atoms with E-state index in [9.17, 15) is 14.4 Å². The Hall–Kier alpha value is -2.94. The van der Waals surface area contributed by atoms with Crippen molar-refractivity contribution in [1.29, 1.82) is 0 Å². The predicted octanol–water partition coefficient (Wildman–Crippen LogP) is 2.93. The lowest BCUT2D eigenvalue weighted by atomic mass is 10.1. The number of carbonyl (C=O) groups is 3. The first-order valence-corrected chi connectivity index (χ1v) is 9.51. The highest BCUT2D eigenvalue weighted by molar-refractivity contribution is 6.05. The molecule has 9 heteroatoms. The molecule has 4 N–H and O–H groups in total. The summed E-state index contributed by atoms with van der Waals surface area (Å²) in [5.74, 6) is -1.58. The molecule has 30 heavy (non-hydrogen) atoms. The van der Waals surface area contributed by atoms with Crippen molar-refractivity contribution in [2.75, 3.05) is 0 Å². The van der Waals surface area contributed by atoms with E-state index < -0.39 is 35.3 Å². The fourth-order valence-corrected chi connectivity index (χ4v) is 2.25. The molecule has 0 unspecified atom stereocenters. The van der Waals surface area contributed by atoms with Crippen LogP contribution in [0.4, 0.5) is 10.5 Å². The lowest BCUT2D eigenvalue weighted by molar-refractivity contribution is -0.153. The molecule has 1 aromatic carbocycles. The van der Waals surface area contributed by atoms with Crippen LogP contribution in [0.5, 0.6) is 0 Å². The van der Waals surface area contributed by atoms with Gasteiger partial charge in [-0.2, -0.15) is 0 Å². The van der Waals surface area contributed by atoms with E-state index in [2.05, 4.69) is 10.3 Å². The number of ether oxygens (including phenoxy) is 2. The first-order valence-electron chi connectivity index (χ1n) is 9.51. The van der Waals surface area contributed by atoms with Crippen molar-refractivity contribution in [1.82, 2.24) is 5.32 Å². The zero-order valence-electron chi connectivity index (χ0n) is 18.3. The number of amidine groups is 1. The van der Waals surface area contributed by atoms with Crippen molar-refractivity contribution in [2.45, 2.75) is 71.6 Å². The molecule has 0 bridgehead atoms. The maximum Gasteiger partial charge on any atom is 0.413 e. The molecule has 0 aliphatic rings. The zero-order chi connectivity index (χ0) is 23.1. The van der Waals surface area contributed by atoms with E-state index >= 15 is 0 Å². The van der Waals surface area contributed by atoms with Crippen LogP contribution in [-0.2, 0) is 25.5 Å². The summed E-state index contributed by atoms with van der Waals surface area (Å²) in [4.78, 5) is 39.5. The molecule has 1 amide bonds. The molecule has 0 aliphatic heterocycles. The minimum absolute atomic E-state index is 0.0634. The molecule has 1 aromatic rings. The number of esters is 1. The van der Waals surface area contributed by atoms with E-state index in [1.54, 1.807) is 65.8 Å². The summed E-state index contributed by atoms with van der Waals surface area (Å²) in [5, 5.41) is 11.4. The van der Waals surface area contributed by atoms with E-state index in [0.717, 1.165) is 5.56 Å². The molecule has 9 nitrogen and oxygen atoms in total. The van der Waals surface area contributed by atoms with Crippen LogP contribution < -0.4 is 11.1 Å². The molecule has 166 valence electrons. The third-order valence-electron chi connectivity index (χ3n) is 3.35. The molecule has 1 atom stereocenters. The van der Waals surface area contributed by atoms with Crippen molar-refractivity contribution >= 4 is 29.6 Å². The summed E-state index contributed by atoms with van der Waals surface area (Å²) in [6.07, 6.45) is -0.837. The fraction of sp³-hybridized carbons (Fsp3) is 0.524. The van der Waals surface area contributed by atoms with E-state index in [-0.39, 0.29) is 18.7 Å². The smallest absolute Gasteiger partial charge is 0.413 e. The summed E-state index contributed by atoms with van der Waals surface area (Å²) in [5.41, 5.74) is 5.32. The number of aliphatic imine (C=N–C) groups is 1. The van der Waals surface area contributed by atoms with Crippen LogP contribution >= 0.6 is 0 Å². The van der Waals surface area contributed by atoms with Gasteiger partial charge in [-0.05, 0) is 65.7 Å². The van der Waals surface area contributed by atoms with Gasteiger partial charge in [0.15, 0.2) is 0 Å². The average molecular weight is 421 g/mol. The van der Waals surface area contributed by atoms with E-state index in [4.69, 9.17) is 20.3 Å². The van der Waals surface area contributed by atoms with Crippen LogP contribution in [0, 0.1) is 0 Å². The molecule has 0 spiro atoms. The number of alkyl carbamates (subject to hydrolysis) is 1. The van der Waals surface area contributed by atoms with Gasteiger partial charge in [0.2, 0.25) is 0 Å². The van der Waals surface area contributed by atoms with Gasteiger partial charge in [-0.15, -0.1) is 0 Å². The molecule has 0 radical (unpaired) electrons. The summed E-state index contributed by atoms with van der Waals surface area (Å²) in [6.45, 7) is 10.4. The van der Waals surface area contributed by atoms with E-state index in [1.165, 1.54) is 0 Å². The summed E-state index contributed by atoms with van der Waals surface area (Å²) < 4.78 is 10.5. The number of nitrogens with zero attached hydrogens (tertiary/aromatic N) is 1.